The van der Waals surface area contributed by atoms with Gasteiger partial charge in [0.05, 0.1) is 25.8 Å². The van der Waals surface area contributed by atoms with E-state index in [4.69, 9.17) is 19.3 Å². The van der Waals surface area contributed by atoms with E-state index in [1.54, 1.807) is 26.4 Å². The van der Waals surface area contributed by atoms with E-state index in [0.717, 1.165) is 24.3 Å². The zero-order valence-electron chi connectivity index (χ0n) is 14.2. The molecule has 2 aromatic carbocycles. The first-order valence-electron chi connectivity index (χ1n) is 8.06. The average molecular weight is 343 g/mol. The second-order valence-corrected chi connectivity index (χ2v) is 5.80. The van der Waals surface area contributed by atoms with Gasteiger partial charge in [-0.3, -0.25) is 0 Å². The van der Waals surface area contributed by atoms with Crippen LogP contribution in [0.5, 0.6) is 17.2 Å². The van der Waals surface area contributed by atoms with Crippen molar-refractivity contribution >= 4 is 5.97 Å². The molecule has 25 heavy (non-hydrogen) atoms. The van der Waals surface area contributed by atoms with E-state index in [9.17, 15) is 4.79 Å². The minimum absolute atomic E-state index is 0.0303. The Balaban J connectivity index is 1.75. The number of rotatable bonds is 6. The van der Waals surface area contributed by atoms with Crippen LogP contribution in [0.1, 0.15) is 27.5 Å². The van der Waals surface area contributed by atoms with Crippen LogP contribution in [-0.4, -0.2) is 38.4 Å². The molecule has 0 saturated heterocycles. The molecule has 6 nitrogen and oxygen atoms in total. The topological polar surface area (TPSA) is 77.0 Å². The Labute approximate surface area is 146 Å². The first kappa shape index (κ1) is 17.1. The lowest BCUT2D eigenvalue weighted by Gasteiger charge is -2.28. The SMILES string of the molecule is COc1cc2c(cc1OC)[C@H](COc1ccc(C(=O)O)cc1)NCC2. The van der Waals surface area contributed by atoms with Crippen molar-refractivity contribution in [1.82, 2.24) is 5.32 Å². The molecule has 1 heterocycles. The number of benzene rings is 2. The summed E-state index contributed by atoms with van der Waals surface area (Å²) in [5.41, 5.74) is 2.59. The van der Waals surface area contributed by atoms with E-state index in [1.165, 1.54) is 17.7 Å². The molecule has 0 spiro atoms. The molecule has 1 aliphatic heterocycles. The van der Waals surface area contributed by atoms with Gasteiger partial charge in [-0.15, -0.1) is 0 Å². The molecule has 0 unspecified atom stereocenters. The number of nitrogens with one attached hydrogen (secondary N) is 1. The van der Waals surface area contributed by atoms with E-state index in [-0.39, 0.29) is 11.6 Å². The summed E-state index contributed by atoms with van der Waals surface area (Å²) in [5, 5.41) is 12.4. The Morgan fingerprint density at radius 1 is 1.16 bits per heavy atom. The maximum absolute atomic E-state index is 10.9. The van der Waals surface area contributed by atoms with E-state index < -0.39 is 5.97 Å². The van der Waals surface area contributed by atoms with Crippen molar-refractivity contribution in [3.63, 3.8) is 0 Å². The van der Waals surface area contributed by atoms with Crippen molar-refractivity contribution in [1.29, 1.82) is 0 Å². The lowest BCUT2D eigenvalue weighted by molar-refractivity contribution is 0.0697. The monoisotopic (exact) mass is 343 g/mol. The fourth-order valence-corrected chi connectivity index (χ4v) is 2.99. The van der Waals surface area contributed by atoms with Gasteiger partial charge >= 0.3 is 5.97 Å². The highest BCUT2D eigenvalue weighted by Crippen LogP contribution is 2.35. The predicted octanol–water partition coefficient (Wildman–Crippen LogP) is 2.67. The molecule has 3 rings (SSSR count). The zero-order chi connectivity index (χ0) is 17.8. The third-order valence-corrected chi connectivity index (χ3v) is 4.32. The number of ether oxygens (including phenoxy) is 3. The molecule has 1 aliphatic rings. The third-order valence-electron chi connectivity index (χ3n) is 4.32. The molecule has 1 atom stereocenters. The fraction of sp³-hybridized carbons (Fsp3) is 0.316. The van der Waals surface area contributed by atoms with Crippen LogP contribution < -0.4 is 19.5 Å². The maximum atomic E-state index is 10.9. The van der Waals surface area contributed by atoms with Crippen molar-refractivity contribution in [3.05, 3.63) is 53.1 Å². The predicted molar refractivity (Wildman–Crippen MR) is 92.9 cm³/mol. The smallest absolute Gasteiger partial charge is 0.335 e. The summed E-state index contributed by atoms with van der Waals surface area (Å²) in [6.07, 6.45) is 0.916. The Morgan fingerprint density at radius 2 is 1.84 bits per heavy atom. The standard InChI is InChI=1S/C19H21NO5/c1-23-17-9-13-7-8-20-16(15(13)10-18(17)24-2)11-25-14-5-3-12(4-6-14)19(21)22/h3-6,9-10,16,20H,7-8,11H2,1-2H3,(H,21,22)/t16-/m0/s1. The van der Waals surface area contributed by atoms with Crippen LogP contribution in [0, 0.1) is 0 Å². The number of hydrogen-bond acceptors (Lipinski definition) is 5. The molecule has 0 amide bonds. The van der Waals surface area contributed by atoms with Crippen molar-refractivity contribution in [3.8, 4) is 17.2 Å². The molecule has 2 aromatic rings. The van der Waals surface area contributed by atoms with Crippen LogP contribution in [0.15, 0.2) is 36.4 Å². The van der Waals surface area contributed by atoms with Crippen LogP contribution in [-0.2, 0) is 6.42 Å². The summed E-state index contributed by atoms with van der Waals surface area (Å²) in [5.74, 6) is 1.11. The molecule has 2 N–H and O–H groups in total. The summed E-state index contributed by atoms with van der Waals surface area (Å²) < 4.78 is 16.6. The zero-order valence-corrected chi connectivity index (χ0v) is 14.2. The van der Waals surface area contributed by atoms with Gasteiger partial charge in [0.2, 0.25) is 0 Å². The number of fused-ring (bicyclic) bond motifs is 1. The van der Waals surface area contributed by atoms with Crippen LogP contribution in [0.3, 0.4) is 0 Å². The highest BCUT2D eigenvalue weighted by molar-refractivity contribution is 5.87. The lowest BCUT2D eigenvalue weighted by Crippen LogP contribution is -2.33. The van der Waals surface area contributed by atoms with Gasteiger partial charge < -0.3 is 24.6 Å². The molecule has 0 fully saturated rings. The van der Waals surface area contributed by atoms with Gasteiger partial charge in [0.1, 0.15) is 12.4 Å². The largest absolute Gasteiger partial charge is 0.493 e. The van der Waals surface area contributed by atoms with E-state index >= 15 is 0 Å². The Bertz CT molecular complexity index is 757. The quantitative estimate of drug-likeness (QED) is 0.840. The summed E-state index contributed by atoms with van der Waals surface area (Å²) in [4.78, 5) is 10.9. The second-order valence-electron chi connectivity index (χ2n) is 5.80. The molecule has 0 aliphatic carbocycles. The number of hydrogen-bond donors (Lipinski definition) is 2. The van der Waals surface area contributed by atoms with Crippen molar-refractivity contribution in [2.45, 2.75) is 12.5 Å². The number of carboxylic acids is 1. The molecular formula is C19H21NO5. The molecule has 132 valence electrons. The van der Waals surface area contributed by atoms with Gasteiger partial charge in [-0.2, -0.15) is 0 Å². The molecule has 0 radical (unpaired) electrons. The fourth-order valence-electron chi connectivity index (χ4n) is 2.99. The first-order valence-corrected chi connectivity index (χ1v) is 8.06. The second kappa shape index (κ2) is 7.44. The van der Waals surface area contributed by atoms with Gasteiger partial charge in [-0.25, -0.2) is 4.79 Å². The van der Waals surface area contributed by atoms with Crippen molar-refractivity contribution in [2.24, 2.45) is 0 Å². The van der Waals surface area contributed by atoms with Crippen LogP contribution in [0.4, 0.5) is 0 Å². The molecule has 0 aromatic heterocycles. The number of carbonyl (C=O) groups is 1. The highest BCUT2D eigenvalue weighted by Gasteiger charge is 2.23. The van der Waals surface area contributed by atoms with Crippen molar-refractivity contribution < 1.29 is 24.1 Å². The van der Waals surface area contributed by atoms with E-state index in [0.29, 0.717) is 18.1 Å². The molecule has 0 bridgehead atoms. The van der Waals surface area contributed by atoms with Crippen LogP contribution >= 0.6 is 0 Å². The summed E-state index contributed by atoms with van der Waals surface area (Å²) in [6, 6.07) is 10.4. The maximum Gasteiger partial charge on any atom is 0.335 e. The number of methoxy groups -OCH3 is 2. The Hall–Kier alpha value is -2.73. The average Bonchev–Trinajstić information content (AvgIpc) is 2.65. The Kier molecular flexibility index (Phi) is 5.09. The molecular weight excluding hydrogens is 322 g/mol. The van der Waals surface area contributed by atoms with Gasteiger partial charge in [0, 0.05) is 0 Å². The third kappa shape index (κ3) is 3.69. The van der Waals surface area contributed by atoms with E-state index in [2.05, 4.69) is 5.32 Å². The summed E-state index contributed by atoms with van der Waals surface area (Å²) in [7, 11) is 3.25. The van der Waals surface area contributed by atoms with E-state index in [1.807, 2.05) is 12.1 Å². The molecule has 0 saturated carbocycles. The lowest BCUT2D eigenvalue weighted by atomic mass is 9.94. The molecule has 6 heteroatoms. The van der Waals surface area contributed by atoms with Gasteiger partial charge in [0.25, 0.3) is 0 Å². The number of aromatic carboxylic acids is 1. The minimum atomic E-state index is -0.949. The van der Waals surface area contributed by atoms with Crippen LogP contribution in [0.25, 0.3) is 0 Å². The number of carboxylic acid groups (broad SMARTS) is 1. The van der Waals surface area contributed by atoms with Gasteiger partial charge in [0.15, 0.2) is 11.5 Å². The minimum Gasteiger partial charge on any atom is -0.493 e. The first-order chi connectivity index (χ1) is 12.1. The van der Waals surface area contributed by atoms with Crippen LogP contribution in [0.2, 0.25) is 0 Å². The van der Waals surface area contributed by atoms with Crippen molar-refractivity contribution in [2.75, 3.05) is 27.4 Å². The highest BCUT2D eigenvalue weighted by atomic mass is 16.5. The normalized spacial score (nSPS) is 16.0. The van der Waals surface area contributed by atoms with Gasteiger partial charge in [-0.1, -0.05) is 0 Å². The van der Waals surface area contributed by atoms with Gasteiger partial charge in [-0.05, 0) is 60.5 Å². The Morgan fingerprint density at radius 3 is 2.48 bits per heavy atom. The summed E-state index contributed by atoms with van der Waals surface area (Å²) in [6.45, 7) is 1.30. The summed E-state index contributed by atoms with van der Waals surface area (Å²) >= 11 is 0.